The summed E-state index contributed by atoms with van der Waals surface area (Å²) in [7, 11) is -7.22. The predicted molar refractivity (Wildman–Crippen MR) is 88.0 cm³/mol. The van der Waals surface area contributed by atoms with Crippen LogP contribution < -0.4 is 9.46 Å². The second-order valence-corrected chi connectivity index (χ2v) is 8.51. The molecule has 0 atom stereocenters. The second kappa shape index (κ2) is 6.59. The molecule has 0 bridgehead atoms. The van der Waals surface area contributed by atoms with Gasteiger partial charge < -0.3 is 4.74 Å². The molecule has 0 unspecified atom stereocenters. The Bertz CT molecular complexity index is 888. The quantitative estimate of drug-likeness (QED) is 0.859. The van der Waals surface area contributed by atoms with Gasteiger partial charge in [-0.25, -0.2) is 16.8 Å². The van der Waals surface area contributed by atoms with Gasteiger partial charge in [-0.2, -0.15) is 0 Å². The number of sulfonamides is 1. The van der Waals surface area contributed by atoms with E-state index in [-0.39, 0.29) is 15.5 Å². The molecule has 6 nitrogen and oxygen atoms in total. The molecule has 1 N–H and O–H groups in total. The van der Waals surface area contributed by atoms with E-state index in [0.29, 0.717) is 12.4 Å². The number of rotatable bonds is 6. The van der Waals surface area contributed by atoms with E-state index in [9.17, 15) is 16.8 Å². The standard InChI is InChI=1S/C15H17NO5S2/c1-3-21-13-7-9-14(10-8-13)23(19,20)16-12-5-4-6-15(11-12)22(2,17)18/h4-11,16H,3H2,1-2H3. The minimum absolute atomic E-state index is 0.0457. The molecule has 0 amide bonds. The Hall–Kier alpha value is -2.06. The first-order valence-corrected chi connectivity index (χ1v) is 10.2. The maximum atomic E-state index is 12.3. The lowest BCUT2D eigenvalue weighted by atomic mass is 10.3. The summed E-state index contributed by atoms with van der Waals surface area (Å²) >= 11 is 0. The summed E-state index contributed by atoms with van der Waals surface area (Å²) in [4.78, 5) is 0.107. The molecule has 0 saturated heterocycles. The first kappa shape index (κ1) is 17.3. The maximum absolute atomic E-state index is 12.3. The molecule has 0 aromatic heterocycles. The van der Waals surface area contributed by atoms with E-state index in [2.05, 4.69) is 4.72 Å². The molecule has 2 aromatic carbocycles. The molecule has 0 radical (unpaired) electrons. The Kier molecular flexibility index (Phi) is 4.96. The summed E-state index contributed by atoms with van der Waals surface area (Å²) < 4.78 is 55.3. The average Bonchev–Trinajstić information content (AvgIpc) is 2.47. The van der Waals surface area contributed by atoms with E-state index >= 15 is 0 Å². The summed E-state index contributed by atoms with van der Waals surface area (Å²) in [6.45, 7) is 2.32. The zero-order valence-corrected chi connectivity index (χ0v) is 14.3. The lowest BCUT2D eigenvalue weighted by molar-refractivity contribution is 0.340. The van der Waals surface area contributed by atoms with Crippen molar-refractivity contribution >= 4 is 25.5 Å². The van der Waals surface area contributed by atoms with Crippen molar-refractivity contribution in [3.8, 4) is 5.75 Å². The highest BCUT2D eigenvalue weighted by Crippen LogP contribution is 2.21. The van der Waals surface area contributed by atoms with E-state index in [1.807, 2.05) is 6.92 Å². The zero-order chi connectivity index (χ0) is 17.1. The van der Waals surface area contributed by atoms with Crippen molar-refractivity contribution in [3.05, 3.63) is 48.5 Å². The van der Waals surface area contributed by atoms with Gasteiger partial charge in [0.05, 0.1) is 22.1 Å². The van der Waals surface area contributed by atoms with Crippen molar-refractivity contribution in [2.75, 3.05) is 17.6 Å². The van der Waals surface area contributed by atoms with E-state index < -0.39 is 19.9 Å². The van der Waals surface area contributed by atoms with Crippen LogP contribution in [0.3, 0.4) is 0 Å². The van der Waals surface area contributed by atoms with Gasteiger partial charge in [-0.05, 0) is 49.4 Å². The van der Waals surface area contributed by atoms with Crippen LogP contribution in [0.2, 0.25) is 0 Å². The van der Waals surface area contributed by atoms with Crippen LogP contribution in [0, 0.1) is 0 Å². The third-order valence-electron chi connectivity index (χ3n) is 2.96. The Morgan fingerprint density at radius 1 is 0.957 bits per heavy atom. The monoisotopic (exact) mass is 355 g/mol. The second-order valence-electron chi connectivity index (χ2n) is 4.81. The maximum Gasteiger partial charge on any atom is 0.261 e. The predicted octanol–water partition coefficient (Wildman–Crippen LogP) is 2.29. The van der Waals surface area contributed by atoms with E-state index in [1.54, 1.807) is 12.1 Å². The van der Waals surface area contributed by atoms with Crippen LogP contribution in [0.4, 0.5) is 5.69 Å². The molecule has 0 aliphatic rings. The number of sulfone groups is 1. The van der Waals surface area contributed by atoms with Crippen LogP contribution in [-0.2, 0) is 19.9 Å². The fraction of sp³-hybridized carbons (Fsp3) is 0.200. The highest BCUT2D eigenvalue weighted by molar-refractivity contribution is 7.92. The number of hydrogen-bond donors (Lipinski definition) is 1. The summed E-state index contributed by atoms with van der Waals surface area (Å²) in [5.74, 6) is 0.575. The van der Waals surface area contributed by atoms with Crippen molar-refractivity contribution in [1.29, 1.82) is 0 Å². The molecule has 2 aromatic rings. The van der Waals surface area contributed by atoms with E-state index in [4.69, 9.17) is 4.74 Å². The highest BCUT2D eigenvalue weighted by atomic mass is 32.2. The molecular weight excluding hydrogens is 338 g/mol. The molecule has 0 fully saturated rings. The van der Waals surface area contributed by atoms with Gasteiger partial charge in [-0.3, -0.25) is 4.72 Å². The molecular formula is C15H17NO5S2. The molecule has 2 rings (SSSR count). The van der Waals surface area contributed by atoms with Gasteiger partial charge in [0.2, 0.25) is 0 Å². The molecule has 0 aliphatic heterocycles. The van der Waals surface area contributed by atoms with Gasteiger partial charge in [0.25, 0.3) is 10.0 Å². The van der Waals surface area contributed by atoms with Crippen LogP contribution in [0.1, 0.15) is 6.92 Å². The van der Waals surface area contributed by atoms with Gasteiger partial charge in [0.15, 0.2) is 9.84 Å². The number of ether oxygens (including phenoxy) is 1. The van der Waals surface area contributed by atoms with Crippen LogP contribution in [0.25, 0.3) is 0 Å². The number of nitrogens with one attached hydrogen (secondary N) is 1. The summed E-state index contributed by atoms with van der Waals surface area (Å²) in [6.07, 6.45) is 1.06. The van der Waals surface area contributed by atoms with Gasteiger partial charge in [-0.1, -0.05) is 6.07 Å². The molecule has 0 spiro atoms. The average molecular weight is 355 g/mol. The van der Waals surface area contributed by atoms with E-state index in [0.717, 1.165) is 6.26 Å². The largest absolute Gasteiger partial charge is 0.494 e. The first-order chi connectivity index (χ1) is 10.7. The Labute approximate surface area is 136 Å². The zero-order valence-electron chi connectivity index (χ0n) is 12.7. The van der Waals surface area contributed by atoms with Gasteiger partial charge in [0.1, 0.15) is 5.75 Å². The topological polar surface area (TPSA) is 89.5 Å². The Morgan fingerprint density at radius 2 is 1.61 bits per heavy atom. The summed E-state index contributed by atoms with van der Waals surface area (Å²) in [6, 6.07) is 11.6. The van der Waals surface area contributed by atoms with Crippen molar-refractivity contribution in [3.63, 3.8) is 0 Å². The highest BCUT2D eigenvalue weighted by Gasteiger charge is 2.15. The number of anilines is 1. The SMILES string of the molecule is CCOc1ccc(S(=O)(=O)Nc2cccc(S(C)(=O)=O)c2)cc1. The fourth-order valence-corrected chi connectivity index (χ4v) is 3.60. The summed E-state index contributed by atoms with van der Waals surface area (Å²) in [5, 5.41) is 0. The van der Waals surface area contributed by atoms with Crippen LogP contribution >= 0.6 is 0 Å². The lowest BCUT2D eigenvalue weighted by Gasteiger charge is -2.10. The van der Waals surface area contributed by atoms with Gasteiger partial charge in [-0.15, -0.1) is 0 Å². The van der Waals surface area contributed by atoms with Crippen molar-refractivity contribution in [1.82, 2.24) is 0 Å². The van der Waals surface area contributed by atoms with Crippen molar-refractivity contribution in [2.45, 2.75) is 16.7 Å². The van der Waals surface area contributed by atoms with Crippen molar-refractivity contribution in [2.24, 2.45) is 0 Å². The normalized spacial score (nSPS) is 11.9. The van der Waals surface area contributed by atoms with Crippen LogP contribution in [0.15, 0.2) is 58.3 Å². The number of benzene rings is 2. The van der Waals surface area contributed by atoms with Crippen LogP contribution in [0.5, 0.6) is 5.75 Å². The van der Waals surface area contributed by atoms with Gasteiger partial charge in [0, 0.05) is 6.26 Å². The van der Waals surface area contributed by atoms with E-state index in [1.165, 1.54) is 36.4 Å². The Balaban J connectivity index is 2.28. The van der Waals surface area contributed by atoms with Gasteiger partial charge >= 0.3 is 0 Å². The molecule has 0 heterocycles. The minimum Gasteiger partial charge on any atom is -0.494 e. The molecule has 23 heavy (non-hydrogen) atoms. The molecule has 0 aliphatic carbocycles. The molecule has 124 valence electrons. The third-order valence-corrected chi connectivity index (χ3v) is 5.47. The smallest absolute Gasteiger partial charge is 0.261 e. The minimum atomic E-state index is -3.81. The van der Waals surface area contributed by atoms with Crippen molar-refractivity contribution < 1.29 is 21.6 Å². The molecule has 8 heteroatoms. The third kappa shape index (κ3) is 4.46. The molecule has 0 saturated carbocycles. The summed E-state index contributed by atoms with van der Waals surface area (Å²) in [5.41, 5.74) is 0.182. The first-order valence-electron chi connectivity index (χ1n) is 6.78. The fourth-order valence-electron chi connectivity index (χ4n) is 1.89. The number of hydrogen-bond acceptors (Lipinski definition) is 5. The lowest BCUT2D eigenvalue weighted by Crippen LogP contribution is -2.13. The Morgan fingerprint density at radius 3 is 2.17 bits per heavy atom. The van der Waals surface area contributed by atoms with Crippen LogP contribution in [-0.4, -0.2) is 29.7 Å².